The van der Waals surface area contributed by atoms with Crippen LogP contribution in [0.15, 0.2) is 47.8 Å². The Morgan fingerprint density at radius 3 is 2.40 bits per heavy atom. The highest BCUT2D eigenvalue weighted by Gasteiger charge is 2.23. The Morgan fingerprint density at radius 2 is 1.77 bits per heavy atom. The van der Waals surface area contributed by atoms with Crippen molar-refractivity contribution in [3.63, 3.8) is 0 Å². The molecule has 1 fully saturated rings. The lowest BCUT2D eigenvalue weighted by atomic mass is 10.1. The van der Waals surface area contributed by atoms with Crippen LogP contribution in [0.25, 0.3) is 0 Å². The molecule has 4 rings (SSSR count). The Hall–Kier alpha value is -2.72. The molecule has 11 heteroatoms. The van der Waals surface area contributed by atoms with Crippen molar-refractivity contribution in [1.29, 1.82) is 0 Å². The monoisotopic (exact) mass is 448 g/mol. The highest BCUT2D eigenvalue weighted by atomic mass is 35.5. The van der Waals surface area contributed by atoms with Crippen molar-refractivity contribution >= 4 is 27.4 Å². The quantitative estimate of drug-likeness (QED) is 0.566. The van der Waals surface area contributed by atoms with E-state index in [0.29, 0.717) is 22.4 Å². The fourth-order valence-corrected chi connectivity index (χ4v) is 3.99. The van der Waals surface area contributed by atoms with E-state index in [1.165, 1.54) is 18.4 Å². The van der Waals surface area contributed by atoms with E-state index in [4.69, 9.17) is 16.3 Å². The molecule has 2 aromatic heterocycles. The number of halogens is 1. The van der Waals surface area contributed by atoms with E-state index in [1.54, 1.807) is 35.5 Å². The molecule has 0 unspecified atom stereocenters. The second-order valence-electron chi connectivity index (χ2n) is 7.11. The Balaban J connectivity index is 1.31. The molecule has 158 valence electrons. The molecule has 1 aromatic carbocycles. The molecular formula is C19H21ClN6O3S. The molecule has 9 nitrogen and oxygen atoms in total. The van der Waals surface area contributed by atoms with Gasteiger partial charge in [0.05, 0.1) is 34.6 Å². The molecule has 0 saturated carbocycles. The second-order valence-corrected chi connectivity index (χ2v) is 9.56. The minimum atomic E-state index is -3.22. The lowest BCUT2D eigenvalue weighted by Gasteiger charge is -2.31. The van der Waals surface area contributed by atoms with Crippen LogP contribution in [0.2, 0.25) is 5.02 Å². The summed E-state index contributed by atoms with van der Waals surface area (Å²) in [5, 5.41) is 9.44. The minimum absolute atomic E-state index is 0.205. The summed E-state index contributed by atoms with van der Waals surface area (Å²) in [4.78, 5) is 12.7. The molecule has 0 bridgehead atoms. The van der Waals surface area contributed by atoms with Gasteiger partial charge in [-0.05, 0) is 37.1 Å². The molecule has 30 heavy (non-hydrogen) atoms. The number of ether oxygens (including phenoxy) is 1. The summed E-state index contributed by atoms with van der Waals surface area (Å²) in [6.45, 7) is 1.88. The Morgan fingerprint density at radius 1 is 1.10 bits per heavy atom. The van der Waals surface area contributed by atoms with Crippen LogP contribution in [0.4, 0.5) is 5.95 Å². The average Bonchev–Trinajstić information content (AvgIpc) is 3.22. The van der Waals surface area contributed by atoms with Crippen LogP contribution in [-0.2, 0) is 16.4 Å². The van der Waals surface area contributed by atoms with E-state index < -0.39 is 9.84 Å². The van der Waals surface area contributed by atoms with Gasteiger partial charge >= 0.3 is 0 Å². The normalized spacial score (nSPS) is 15.3. The van der Waals surface area contributed by atoms with Gasteiger partial charge in [0.2, 0.25) is 5.95 Å². The first-order chi connectivity index (χ1) is 14.4. The number of hydrogen-bond acceptors (Lipinski definition) is 8. The average molecular weight is 449 g/mol. The summed E-state index contributed by atoms with van der Waals surface area (Å²) in [5.74, 6) is 1.26. The molecule has 0 amide bonds. The predicted molar refractivity (Wildman–Crippen MR) is 111 cm³/mol. The summed E-state index contributed by atoms with van der Waals surface area (Å²) in [5.41, 5.74) is 0.714. The van der Waals surface area contributed by atoms with E-state index >= 15 is 0 Å². The van der Waals surface area contributed by atoms with Gasteiger partial charge < -0.3 is 9.64 Å². The maximum absolute atomic E-state index is 11.5. The fourth-order valence-electron chi connectivity index (χ4n) is 3.26. The van der Waals surface area contributed by atoms with E-state index in [0.717, 1.165) is 25.9 Å². The van der Waals surface area contributed by atoms with Gasteiger partial charge in [0.25, 0.3) is 0 Å². The smallest absolute Gasteiger partial charge is 0.225 e. The summed E-state index contributed by atoms with van der Waals surface area (Å²) in [6.07, 6.45) is 7.84. The van der Waals surface area contributed by atoms with Crippen LogP contribution in [0.5, 0.6) is 5.75 Å². The summed E-state index contributed by atoms with van der Waals surface area (Å²) in [6, 6.07) is 6.53. The Bertz CT molecular complexity index is 1090. The number of nitrogens with zero attached hydrogens (tertiary/aromatic N) is 6. The third-order valence-corrected chi connectivity index (χ3v) is 6.20. The Labute approximate surface area is 179 Å². The third-order valence-electron chi connectivity index (χ3n) is 4.88. The van der Waals surface area contributed by atoms with E-state index in [-0.39, 0.29) is 17.5 Å². The first-order valence-electron chi connectivity index (χ1n) is 9.44. The van der Waals surface area contributed by atoms with Crippen molar-refractivity contribution in [3.05, 3.63) is 53.6 Å². The van der Waals surface area contributed by atoms with Gasteiger partial charge in [0, 0.05) is 19.3 Å². The van der Waals surface area contributed by atoms with Gasteiger partial charge in [-0.2, -0.15) is 15.0 Å². The SMILES string of the molecule is CS(=O)(=O)c1ccc(OCc2cnn(C3CCN(c4ncc(Cl)cn4)CC3)n2)cc1. The zero-order chi connectivity index (χ0) is 21.1. The van der Waals surface area contributed by atoms with Crippen molar-refractivity contribution in [3.8, 4) is 5.75 Å². The number of benzene rings is 1. The van der Waals surface area contributed by atoms with Gasteiger partial charge in [0.1, 0.15) is 18.1 Å². The summed E-state index contributed by atoms with van der Waals surface area (Å²) < 4.78 is 28.7. The number of hydrogen-bond donors (Lipinski definition) is 0. The number of sulfone groups is 1. The molecule has 0 atom stereocenters. The van der Waals surface area contributed by atoms with Crippen molar-refractivity contribution < 1.29 is 13.2 Å². The van der Waals surface area contributed by atoms with Crippen molar-refractivity contribution in [2.24, 2.45) is 0 Å². The van der Waals surface area contributed by atoms with E-state index in [9.17, 15) is 8.42 Å². The fraction of sp³-hybridized carbons (Fsp3) is 0.368. The Kier molecular flexibility index (Phi) is 5.87. The first-order valence-corrected chi connectivity index (χ1v) is 11.7. The van der Waals surface area contributed by atoms with Gasteiger partial charge in [-0.15, -0.1) is 0 Å². The van der Waals surface area contributed by atoms with Gasteiger partial charge in [-0.1, -0.05) is 11.6 Å². The lowest BCUT2D eigenvalue weighted by molar-refractivity contribution is 0.291. The van der Waals surface area contributed by atoms with Crippen LogP contribution in [0, 0.1) is 0 Å². The number of aromatic nitrogens is 5. The molecule has 0 aliphatic carbocycles. The van der Waals surface area contributed by atoms with Gasteiger partial charge in [-0.3, -0.25) is 0 Å². The molecule has 0 spiro atoms. The summed E-state index contributed by atoms with van der Waals surface area (Å²) in [7, 11) is -3.22. The van der Waals surface area contributed by atoms with E-state index in [1.807, 2.05) is 0 Å². The second kappa shape index (κ2) is 8.57. The zero-order valence-electron chi connectivity index (χ0n) is 16.3. The molecular weight excluding hydrogens is 428 g/mol. The van der Waals surface area contributed by atoms with E-state index in [2.05, 4.69) is 25.1 Å². The predicted octanol–water partition coefficient (Wildman–Crippen LogP) is 2.55. The van der Waals surface area contributed by atoms with Crippen LogP contribution in [0.1, 0.15) is 24.6 Å². The maximum atomic E-state index is 11.5. The summed E-state index contributed by atoms with van der Waals surface area (Å²) >= 11 is 5.85. The number of rotatable bonds is 6. The maximum Gasteiger partial charge on any atom is 0.225 e. The molecule has 0 radical (unpaired) electrons. The number of anilines is 1. The molecule has 1 aliphatic rings. The van der Waals surface area contributed by atoms with Crippen molar-refractivity contribution in [1.82, 2.24) is 25.0 Å². The highest BCUT2D eigenvalue weighted by molar-refractivity contribution is 7.90. The molecule has 3 aromatic rings. The molecule has 0 N–H and O–H groups in total. The number of piperidine rings is 1. The lowest BCUT2D eigenvalue weighted by Crippen LogP contribution is -2.36. The largest absolute Gasteiger partial charge is 0.487 e. The topological polar surface area (TPSA) is 103 Å². The minimum Gasteiger partial charge on any atom is -0.487 e. The van der Waals surface area contributed by atoms with Crippen molar-refractivity contribution in [2.75, 3.05) is 24.2 Å². The van der Waals surface area contributed by atoms with Gasteiger partial charge in [-0.25, -0.2) is 18.4 Å². The highest BCUT2D eigenvalue weighted by Crippen LogP contribution is 2.24. The molecule has 3 heterocycles. The first kappa shape index (κ1) is 20.5. The van der Waals surface area contributed by atoms with Crippen LogP contribution < -0.4 is 9.64 Å². The zero-order valence-corrected chi connectivity index (χ0v) is 17.9. The third kappa shape index (κ3) is 4.88. The van der Waals surface area contributed by atoms with Crippen LogP contribution in [0.3, 0.4) is 0 Å². The van der Waals surface area contributed by atoms with Crippen LogP contribution >= 0.6 is 11.6 Å². The van der Waals surface area contributed by atoms with Crippen molar-refractivity contribution in [2.45, 2.75) is 30.4 Å². The molecule has 1 saturated heterocycles. The van der Waals surface area contributed by atoms with Gasteiger partial charge in [0.15, 0.2) is 9.84 Å². The molecule has 1 aliphatic heterocycles. The van der Waals surface area contributed by atoms with Crippen LogP contribution in [-0.4, -0.2) is 52.7 Å². The standard InChI is InChI=1S/C19H21ClN6O3S/c1-30(27,28)18-4-2-17(3-5-18)29-13-15-12-23-26(24-15)16-6-8-25(9-7-16)19-21-10-14(20)11-22-19/h2-5,10-12,16H,6-9,13H2,1H3.